The maximum absolute atomic E-state index is 13.1. The standard InChI is InChI=1S/C25H21N5O2S/c1-15-5-3-4-6-19(15)24(32)30-12-9-17-13-18(7-8-21(17)30)22-16(2)33-25(28-22)29-23(31)20-14-26-10-11-27-20/h3-8,10-11,13-14H,9,12H2,1-2H3,(H,28,29,31). The van der Waals surface area contributed by atoms with Crippen molar-refractivity contribution in [1.29, 1.82) is 0 Å². The Balaban J connectivity index is 1.39. The molecule has 164 valence electrons. The molecule has 0 atom stereocenters. The lowest BCUT2D eigenvalue weighted by molar-refractivity contribution is 0.0986. The molecule has 0 radical (unpaired) electrons. The van der Waals surface area contributed by atoms with Crippen molar-refractivity contribution in [2.45, 2.75) is 20.3 Å². The van der Waals surface area contributed by atoms with Crippen LogP contribution in [0.1, 0.15) is 36.9 Å². The second kappa shape index (κ2) is 8.55. The highest BCUT2D eigenvalue weighted by atomic mass is 32.1. The molecule has 0 saturated heterocycles. The average Bonchev–Trinajstić information content (AvgIpc) is 3.42. The molecule has 8 heteroatoms. The number of nitrogens with zero attached hydrogens (tertiary/aromatic N) is 4. The third-order valence-electron chi connectivity index (χ3n) is 5.68. The highest BCUT2D eigenvalue weighted by Gasteiger charge is 2.27. The predicted octanol–water partition coefficient (Wildman–Crippen LogP) is 4.67. The number of benzene rings is 2. The molecule has 5 rings (SSSR count). The van der Waals surface area contributed by atoms with Crippen molar-refractivity contribution >= 4 is 34.0 Å². The van der Waals surface area contributed by atoms with Crippen LogP contribution in [0, 0.1) is 13.8 Å². The number of carbonyl (C=O) groups excluding carboxylic acids is 2. The lowest BCUT2D eigenvalue weighted by atomic mass is 10.0. The van der Waals surface area contributed by atoms with Gasteiger partial charge in [-0.05, 0) is 49.6 Å². The van der Waals surface area contributed by atoms with Gasteiger partial charge in [-0.1, -0.05) is 24.3 Å². The SMILES string of the molecule is Cc1ccccc1C(=O)N1CCc2cc(-c3nc(NC(=O)c4cnccn4)sc3C)ccc21. The van der Waals surface area contributed by atoms with Crippen LogP contribution in [0.2, 0.25) is 0 Å². The van der Waals surface area contributed by atoms with E-state index >= 15 is 0 Å². The fourth-order valence-corrected chi connectivity index (χ4v) is 4.84. The van der Waals surface area contributed by atoms with Crippen molar-refractivity contribution < 1.29 is 9.59 Å². The highest BCUT2D eigenvalue weighted by molar-refractivity contribution is 7.16. The minimum Gasteiger partial charge on any atom is -0.308 e. The Morgan fingerprint density at radius 2 is 1.94 bits per heavy atom. The number of fused-ring (bicyclic) bond motifs is 1. The molecule has 7 nitrogen and oxygen atoms in total. The molecule has 1 N–H and O–H groups in total. The third-order valence-corrected chi connectivity index (χ3v) is 6.57. The van der Waals surface area contributed by atoms with Gasteiger partial charge in [-0.2, -0.15) is 0 Å². The number of aromatic nitrogens is 3. The Morgan fingerprint density at radius 3 is 2.73 bits per heavy atom. The molecule has 0 saturated carbocycles. The molecular formula is C25H21N5O2S. The monoisotopic (exact) mass is 455 g/mol. The van der Waals surface area contributed by atoms with Crippen LogP contribution in [-0.4, -0.2) is 33.3 Å². The number of carbonyl (C=O) groups is 2. The molecular weight excluding hydrogens is 434 g/mol. The minimum atomic E-state index is -0.345. The van der Waals surface area contributed by atoms with Crippen molar-refractivity contribution in [3.63, 3.8) is 0 Å². The summed E-state index contributed by atoms with van der Waals surface area (Å²) in [6, 6.07) is 13.7. The Bertz CT molecular complexity index is 1370. The topological polar surface area (TPSA) is 88.1 Å². The summed E-state index contributed by atoms with van der Waals surface area (Å²) >= 11 is 1.41. The summed E-state index contributed by atoms with van der Waals surface area (Å²) in [6.07, 6.45) is 5.21. The minimum absolute atomic E-state index is 0.0263. The van der Waals surface area contributed by atoms with E-state index in [-0.39, 0.29) is 17.5 Å². The van der Waals surface area contributed by atoms with E-state index in [2.05, 4.69) is 26.3 Å². The van der Waals surface area contributed by atoms with Gasteiger partial charge in [0, 0.05) is 40.6 Å². The molecule has 0 bridgehead atoms. The Kier molecular flexibility index (Phi) is 5.43. The van der Waals surface area contributed by atoms with Gasteiger partial charge in [-0.3, -0.25) is 19.9 Å². The largest absolute Gasteiger partial charge is 0.308 e. The first kappa shape index (κ1) is 21.0. The average molecular weight is 456 g/mol. The number of hydrogen-bond acceptors (Lipinski definition) is 6. The van der Waals surface area contributed by atoms with E-state index in [1.807, 2.05) is 55.1 Å². The van der Waals surface area contributed by atoms with Crippen molar-refractivity contribution in [3.8, 4) is 11.3 Å². The van der Waals surface area contributed by atoms with Gasteiger partial charge in [0.15, 0.2) is 5.13 Å². The van der Waals surface area contributed by atoms with E-state index in [9.17, 15) is 9.59 Å². The second-order valence-corrected chi connectivity index (χ2v) is 9.04. The molecule has 4 aromatic rings. The predicted molar refractivity (Wildman–Crippen MR) is 129 cm³/mol. The van der Waals surface area contributed by atoms with Crippen molar-refractivity contribution in [2.75, 3.05) is 16.8 Å². The van der Waals surface area contributed by atoms with Crippen LogP contribution in [-0.2, 0) is 6.42 Å². The van der Waals surface area contributed by atoms with Crippen molar-refractivity contribution in [3.05, 3.63) is 88.3 Å². The first-order chi connectivity index (χ1) is 16.0. The summed E-state index contributed by atoms with van der Waals surface area (Å²) in [4.78, 5) is 40.9. The molecule has 2 aromatic heterocycles. The zero-order valence-corrected chi connectivity index (χ0v) is 19.0. The molecule has 33 heavy (non-hydrogen) atoms. The zero-order valence-electron chi connectivity index (χ0n) is 18.2. The van der Waals surface area contributed by atoms with E-state index in [4.69, 9.17) is 0 Å². The van der Waals surface area contributed by atoms with E-state index in [0.717, 1.165) is 44.9 Å². The number of thiazole rings is 1. The summed E-state index contributed by atoms with van der Waals surface area (Å²) in [7, 11) is 0. The number of aryl methyl sites for hydroxylation is 2. The summed E-state index contributed by atoms with van der Waals surface area (Å²) in [5.74, 6) is -0.318. The first-order valence-electron chi connectivity index (χ1n) is 10.6. The lowest BCUT2D eigenvalue weighted by Gasteiger charge is -2.18. The number of nitrogens with one attached hydrogen (secondary N) is 1. The molecule has 1 aliphatic heterocycles. The van der Waals surface area contributed by atoms with Crippen LogP contribution in [0.5, 0.6) is 0 Å². The quantitative estimate of drug-likeness (QED) is 0.483. The van der Waals surface area contributed by atoms with E-state index < -0.39 is 0 Å². The number of anilines is 2. The fraction of sp³-hybridized carbons (Fsp3) is 0.160. The lowest BCUT2D eigenvalue weighted by Crippen LogP contribution is -2.29. The van der Waals surface area contributed by atoms with Gasteiger partial charge in [0.05, 0.1) is 11.9 Å². The Hall–Kier alpha value is -3.91. The summed E-state index contributed by atoms with van der Waals surface area (Å²) < 4.78 is 0. The van der Waals surface area contributed by atoms with Crippen LogP contribution >= 0.6 is 11.3 Å². The van der Waals surface area contributed by atoms with Crippen LogP contribution in [0.4, 0.5) is 10.8 Å². The van der Waals surface area contributed by atoms with Gasteiger partial charge in [0.25, 0.3) is 11.8 Å². The van der Waals surface area contributed by atoms with Crippen molar-refractivity contribution in [1.82, 2.24) is 15.0 Å². The highest BCUT2D eigenvalue weighted by Crippen LogP contribution is 2.36. The molecule has 0 unspecified atom stereocenters. The number of hydrogen-bond donors (Lipinski definition) is 1. The van der Waals surface area contributed by atoms with Gasteiger partial charge in [0.1, 0.15) is 5.69 Å². The molecule has 0 spiro atoms. The Morgan fingerprint density at radius 1 is 1.09 bits per heavy atom. The zero-order chi connectivity index (χ0) is 22.9. The van der Waals surface area contributed by atoms with E-state index in [1.165, 1.54) is 29.9 Å². The fourth-order valence-electron chi connectivity index (χ4n) is 4.01. The van der Waals surface area contributed by atoms with Crippen LogP contribution in [0.15, 0.2) is 61.1 Å². The summed E-state index contributed by atoms with van der Waals surface area (Å²) in [6.45, 7) is 4.59. The van der Waals surface area contributed by atoms with E-state index in [0.29, 0.717) is 11.7 Å². The molecule has 3 heterocycles. The van der Waals surface area contributed by atoms with Gasteiger partial charge in [-0.15, -0.1) is 11.3 Å². The summed E-state index contributed by atoms with van der Waals surface area (Å²) in [5, 5.41) is 3.31. The Labute approximate surface area is 195 Å². The molecule has 2 aromatic carbocycles. The maximum atomic E-state index is 13.1. The van der Waals surface area contributed by atoms with Crippen LogP contribution in [0.3, 0.4) is 0 Å². The third kappa shape index (κ3) is 4.01. The smallest absolute Gasteiger partial charge is 0.277 e. The van der Waals surface area contributed by atoms with Gasteiger partial charge in [-0.25, -0.2) is 9.97 Å². The van der Waals surface area contributed by atoms with Gasteiger partial charge >= 0.3 is 0 Å². The molecule has 0 fully saturated rings. The number of rotatable bonds is 4. The molecule has 2 amide bonds. The second-order valence-electron chi connectivity index (χ2n) is 7.83. The maximum Gasteiger partial charge on any atom is 0.277 e. The van der Waals surface area contributed by atoms with Crippen LogP contribution < -0.4 is 10.2 Å². The molecule has 0 aliphatic carbocycles. The van der Waals surface area contributed by atoms with Gasteiger partial charge < -0.3 is 4.90 Å². The number of amides is 2. The summed E-state index contributed by atoms with van der Waals surface area (Å²) in [5.41, 5.74) is 5.79. The van der Waals surface area contributed by atoms with Crippen LogP contribution in [0.25, 0.3) is 11.3 Å². The van der Waals surface area contributed by atoms with Crippen molar-refractivity contribution in [2.24, 2.45) is 0 Å². The normalized spacial score (nSPS) is 12.5. The molecule has 1 aliphatic rings. The first-order valence-corrected chi connectivity index (χ1v) is 11.4. The van der Waals surface area contributed by atoms with Gasteiger partial charge in [0.2, 0.25) is 0 Å². The van der Waals surface area contributed by atoms with E-state index in [1.54, 1.807) is 0 Å².